The summed E-state index contributed by atoms with van der Waals surface area (Å²) in [6.07, 6.45) is 5.31. The summed E-state index contributed by atoms with van der Waals surface area (Å²) in [6.45, 7) is 4.19. The number of halogens is 1. The first kappa shape index (κ1) is 14.9. The number of rotatable bonds is 6. The molecule has 1 aromatic heterocycles. The first-order valence-electron chi connectivity index (χ1n) is 7.14. The van der Waals surface area contributed by atoms with Crippen molar-refractivity contribution in [2.45, 2.75) is 39.2 Å². The molecule has 0 aliphatic heterocycles. The fraction of sp³-hybridized carbons (Fsp3) is 0.353. The molecule has 106 valence electrons. The highest BCUT2D eigenvalue weighted by Crippen LogP contribution is 2.25. The van der Waals surface area contributed by atoms with Crippen molar-refractivity contribution in [2.75, 3.05) is 5.32 Å². The maximum Gasteiger partial charge on any atom is 0.132 e. The molecule has 0 aliphatic rings. The Bertz CT molecular complexity index is 540. The lowest BCUT2D eigenvalue weighted by atomic mass is 10.0. The molecule has 1 heterocycles. The third-order valence-electron chi connectivity index (χ3n) is 3.40. The average Bonchev–Trinajstić information content (AvgIpc) is 2.48. The Kier molecular flexibility index (Phi) is 5.42. The zero-order chi connectivity index (χ0) is 14.4. The van der Waals surface area contributed by atoms with E-state index in [4.69, 9.17) is 11.6 Å². The van der Waals surface area contributed by atoms with E-state index in [9.17, 15) is 0 Å². The van der Waals surface area contributed by atoms with Crippen LogP contribution in [0.5, 0.6) is 0 Å². The van der Waals surface area contributed by atoms with Crippen molar-refractivity contribution in [1.82, 2.24) is 4.98 Å². The van der Waals surface area contributed by atoms with Crippen molar-refractivity contribution in [1.29, 1.82) is 0 Å². The molecule has 0 saturated carbocycles. The molecule has 1 aromatic carbocycles. The fourth-order valence-electron chi connectivity index (χ4n) is 2.25. The maximum absolute atomic E-state index is 5.98. The van der Waals surface area contributed by atoms with Crippen molar-refractivity contribution in [3.8, 4) is 0 Å². The summed E-state index contributed by atoms with van der Waals surface area (Å²) < 4.78 is 0. The molecule has 3 heteroatoms. The molecule has 2 nitrogen and oxygen atoms in total. The molecule has 0 radical (unpaired) electrons. The van der Waals surface area contributed by atoms with E-state index in [2.05, 4.69) is 47.6 Å². The number of hydrogen-bond donors (Lipinski definition) is 1. The van der Waals surface area contributed by atoms with E-state index in [0.29, 0.717) is 11.2 Å². The highest BCUT2D eigenvalue weighted by molar-refractivity contribution is 6.30. The van der Waals surface area contributed by atoms with Gasteiger partial charge in [-0.1, -0.05) is 61.7 Å². The summed E-state index contributed by atoms with van der Waals surface area (Å²) in [5.74, 6) is 0. The summed E-state index contributed by atoms with van der Waals surface area (Å²) in [5, 5.41) is 4.15. The Hall–Kier alpha value is -1.54. The van der Waals surface area contributed by atoms with Gasteiger partial charge in [-0.2, -0.15) is 0 Å². The van der Waals surface area contributed by atoms with Crippen LogP contribution in [-0.4, -0.2) is 4.98 Å². The van der Waals surface area contributed by atoms with Crippen LogP contribution in [0.3, 0.4) is 0 Å². The van der Waals surface area contributed by atoms with Gasteiger partial charge in [0.2, 0.25) is 0 Å². The second kappa shape index (κ2) is 7.30. The Morgan fingerprint density at radius 2 is 2.00 bits per heavy atom. The van der Waals surface area contributed by atoms with E-state index in [-0.39, 0.29) is 0 Å². The molecule has 0 bridgehead atoms. The number of hydrogen-bond acceptors (Lipinski definition) is 2. The van der Waals surface area contributed by atoms with Gasteiger partial charge in [0.1, 0.15) is 5.15 Å². The number of nitrogens with zero attached hydrogens (tertiary/aromatic N) is 1. The predicted octanol–water partition coefficient (Wildman–Crippen LogP) is 5.39. The lowest BCUT2D eigenvalue weighted by Crippen LogP contribution is -2.11. The van der Waals surface area contributed by atoms with Crippen LogP contribution in [-0.2, 0) is 0 Å². The van der Waals surface area contributed by atoms with Gasteiger partial charge in [0, 0.05) is 0 Å². The molecule has 1 N–H and O–H groups in total. The monoisotopic (exact) mass is 288 g/mol. The molecular weight excluding hydrogens is 268 g/mol. The molecule has 0 fully saturated rings. The Balaban J connectivity index is 2.17. The molecule has 1 atom stereocenters. The van der Waals surface area contributed by atoms with Crippen molar-refractivity contribution >= 4 is 17.3 Å². The van der Waals surface area contributed by atoms with Crippen LogP contribution in [0.25, 0.3) is 0 Å². The second-order valence-electron chi connectivity index (χ2n) is 5.08. The first-order valence-corrected chi connectivity index (χ1v) is 7.52. The quantitative estimate of drug-likeness (QED) is 0.721. The minimum atomic E-state index is 0.318. The van der Waals surface area contributed by atoms with Gasteiger partial charge in [-0.3, -0.25) is 0 Å². The molecule has 1 unspecified atom stereocenters. The van der Waals surface area contributed by atoms with E-state index < -0.39 is 0 Å². The van der Waals surface area contributed by atoms with E-state index >= 15 is 0 Å². The van der Waals surface area contributed by atoms with Crippen molar-refractivity contribution in [3.05, 3.63) is 58.9 Å². The summed E-state index contributed by atoms with van der Waals surface area (Å²) in [4.78, 5) is 4.21. The van der Waals surface area contributed by atoms with E-state index in [0.717, 1.165) is 17.7 Å². The smallest absolute Gasteiger partial charge is 0.132 e. The Labute approximate surface area is 126 Å². The van der Waals surface area contributed by atoms with E-state index in [1.807, 2.05) is 13.0 Å². The van der Waals surface area contributed by atoms with Crippen molar-refractivity contribution in [3.63, 3.8) is 0 Å². The standard InChI is InChI=1S/C17H21ClN2/c1-3-4-10-16(14-8-6-5-7-9-14)20-15-11-13(2)17(18)19-12-15/h5-9,11-12,16,20H,3-4,10H2,1-2H3. The molecule has 0 spiro atoms. The molecule has 0 amide bonds. The summed E-state index contributed by atoms with van der Waals surface area (Å²) >= 11 is 5.98. The number of benzene rings is 1. The highest BCUT2D eigenvalue weighted by atomic mass is 35.5. The van der Waals surface area contributed by atoms with E-state index in [1.165, 1.54) is 18.4 Å². The largest absolute Gasteiger partial charge is 0.377 e. The van der Waals surface area contributed by atoms with Gasteiger partial charge in [0.25, 0.3) is 0 Å². The number of nitrogens with one attached hydrogen (secondary N) is 1. The maximum atomic E-state index is 5.98. The molecule has 2 rings (SSSR count). The Morgan fingerprint density at radius 1 is 1.25 bits per heavy atom. The molecule has 20 heavy (non-hydrogen) atoms. The van der Waals surface area contributed by atoms with Crippen molar-refractivity contribution < 1.29 is 0 Å². The lowest BCUT2D eigenvalue weighted by molar-refractivity contribution is 0.634. The second-order valence-corrected chi connectivity index (χ2v) is 5.44. The fourth-order valence-corrected chi connectivity index (χ4v) is 2.36. The number of unbranched alkanes of at least 4 members (excludes halogenated alkanes) is 1. The van der Waals surface area contributed by atoms with Crippen LogP contribution in [0.1, 0.15) is 43.4 Å². The molecular formula is C17H21ClN2. The number of anilines is 1. The third kappa shape index (κ3) is 3.97. The average molecular weight is 289 g/mol. The topological polar surface area (TPSA) is 24.9 Å². The van der Waals surface area contributed by atoms with E-state index in [1.54, 1.807) is 6.20 Å². The zero-order valence-electron chi connectivity index (χ0n) is 12.1. The minimum Gasteiger partial charge on any atom is -0.377 e. The lowest BCUT2D eigenvalue weighted by Gasteiger charge is -2.20. The van der Waals surface area contributed by atoms with Gasteiger partial charge in [-0.25, -0.2) is 4.98 Å². The van der Waals surface area contributed by atoms with Crippen LogP contribution >= 0.6 is 11.6 Å². The SMILES string of the molecule is CCCCC(Nc1cnc(Cl)c(C)c1)c1ccccc1. The summed E-state index contributed by atoms with van der Waals surface area (Å²) in [5.41, 5.74) is 3.34. The first-order chi connectivity index (χ1) is 9.70. The van der Waals surface area contributed by atoms with Gasteiger partial charge >= 0.3 is 0 Å². The molecule has 0 saturated heterocycles. The van der Waals surface area contributed by atoms with Gasteiger partial charge < -0.3 is 5.32 Å². The Morgan fingerprint density at radius 3 is 2.65 bits per heavy atom. The minimum absolute atomic E-state index is 0.318. The highest BCUT2D eigenvalue weighted by Gasteiger charge is 2.11. The van der Waals surface area contributed by atoms with Gasteiger partial charge in [-0.05, 0) is 30.5 Å². The predicted molar refractivity (Wildman–Crippen MR) is 86.3 cm³/mol. The van der Waals surface area contributed by atoms with Crippen LogP contribution in [0.4, 0.5) is 5.69 Å². The van der Waals surface area contributed by atoms with Crippen LogP contribution in [0, 0.1) is 6.92 Å². The van der Waals surface area contributed by atoms with Gasteiger partial charge in [0.05, 0.1) is 17.9 Å². The van der Waals surface area contributed by atoms with Crippen LogP contribution < -0.4 is 5.32 Å². The van der Waals surface area contributed by atoms with Gasteiger partial charge in [-0.15, -0.1) is 0 Å². The van der Waals surface area contributed by atoms with Crippen molar-refractivity contribution in [2.24, 2.45) is 0 Å². The number of aromatic nitrogens is 1. The summed E-state index contributed by atoms with van der Waals surface area (Å²) in [6, 6.07) is 12.9. The van der Waals surface area contributed by atoms with Crippen LogP contribution in [0.2, 0.25) is 5.15 Å². The third-order valence-corrected chi connectivity index (χ3v) is 3.80. The number of aryl methyl sites for hydroxylation is 1. The normalized spacial score (nSPS) is 12.2. The molecule has 2 aromatic rings. The van der Waals surface area contributed by atoms with Gasteiger partial charge in [0.15, 0.2) is 0 Å². The van der Waals surface area contributed by atoms with Crippen LogP contribution in [0.15, 0.2) is 42.6 Å². The summed E-state index contributed by atoms with van der Waals surface area (Å²) in [7, 11) is 0. The molecule has 0 aliphatic carbocycles. The number of pyridine rings is 1. The zero-order valence-corrected chi connectivity index (χ0v) is 12.8.